The van der Waals surface area contributed by atoms with Crippen molar-refractivity contribution in [1.82, 2.24) is 5.32 Å². The summed E-state index contributed by atoms with van der Waals surface area (Å²) in [7, 11) is 1.96. The van der Waals surface area contributed by atoms with Gasteiger partial charge in [0, 0.05) is 6.04 Å². The molecule has 3 heteroatoms. The van der Waals surface area contributed by atoms with Crippen LogP contribution in [0.3, 0.4) is 0 Å². The molecular weight excluding hydrogens is 225 g/mol. The van der Waals surface area contributed by atoms with Crippen LogP contribution in [0.1, 0.15) is 25.8 Å². The second-order valence-corrected chi connectivity index (χ2v) is 4.77. The van der Waals surface area contributed by atoms with Crippen molar-refractivity contribution in [3.8, 4) is 0 Å². The Morgan fingerprint density at radius 1 is 1.38 bits per heavy atom. The molecule has 1 aromatic carbocycles. The highest BCUT2D eigenvalue weighted by Crippen LogP contribution is 2.22. The Kier molecular flexibility index (Phi) is 5.23. The zero-order valence-corrected chi connectivity index (χ0v) is 10.8. The van der Waals surface area contributed by atoms with Gasteiger partial charge in [0.25, 0.3) is 0 Å². The molecule has 1 unspecified atom stereocenters. The highest BCUT2D eigenvalue weighted by molar-refractivity contribution is 6.31. The zero-order chi connectivity index (χ0) is 12.1. The van der Waals surface area contributed by atoms with Crippen LogP contribution in [0.5, 0.6) is 0 Å². The van der Waals surface area contributed by atoms with E-state index in [2.05, 4.69) is 19.2 Å². The van der Waals surface area contributed by atoms with Gasteiger partial charge in [-0.25, -0.2) is 4.39 Å². The van der Waals surface area contributed by atoms with E-state index in [-0.39, 0.29) is 10.8 Å². The van der Waals surface area contributed by atoms with Crippen molar-refractivity contribution in [2.45, 2.75) is 32.7 Å². The summed E-state index contributed by atoms with van der Waals surface area (Å²) in [5.41, 5.74) is 0.891. The smallest absolute Gasteiger partial charge is 0.142 e. The Labute approximate surface area is 102 Å². The predicted octanol–water partition coefficient (Wildman–Crippen LogP) is 3.66. The van der Waals surface area contributed by atoms with E-state index >= 15 is 0 Å². The molecule has 0 aliphatic heterocycles. The Morgan fingerprint density at radius 3 is 2.62 bits per heavy atom. The molecule has 1 rings (SSSR count). The molecule has 0 bridgehead atoms. The third-order valence-electron chi connectivity index (χ3n) is 2.93. The van der Waals surface area contributed by atoms with Crippen LogP contribution in [-0.2, 0) is 6.42 Å². The Balaban J connectivity index is 2.64. The molecule has 0 fully saturated rings. The second kappa shape index (κ2) is 6.21. The molecule has 0 amide bonds. The maximum absolute atomic E-state index is 13.2. The zero-order valence-electron chi connectivity index (χ0n) is 10.1. The van der Waals surface area contributed by atoms with Crippen LogP contribution in [0.4, 0.5) is 4.39 Å². The van der Waals surface area contributed by atoms with Crippen LogP contribution in [0.25, 0.3) is 0 Å². The summed E-state index contributed by atoms with van der Waals surface area (Å²) in [6.07, 6.45) is 1.78. The summed E-state index contributed by atoms with van der Waals surface area (Å²) in [5.74, 6) is 0.238. The summed E-state index contributed by atoms with van der Waals surface area (Å²) in [6, 6.07) is 5.43. The van der Waals surface area contributed by atoms with Crippen LogP contribution in [-0.4, -0.2) is 13.1 Å². The fraction of sp³-hybridized carbons (Fsp3) is 0.538. The Hall–Kier alpha value is -0.600. The first kappa shape index (κ1) is 13.5. The first-order valence-electron chi connectivity index (χ1n) is 5.66. The molecule has 1 N–H and O–H groups in total. The standard InChI is InChI=1S/C13H19ClFN/c1-9(2)12(16-3)8-7-10-5-4-6-11(15)13(10)14/h4-6,9,12,16H,7-8H2,1-3H3. The molecular formula is C13H19ClFN. The maximum atomic E-state index is 13.2. The number of hydrogen-bond donors (Lipinski definition) is 1. The molecule has 0 aromatic heterocycles. The van der Waals surface area contributed by atoms with Gasteiger partial charge >= 0.3 is 0 Å². The molecule has 0 saturated carbocycles. The average Bonchev–Trinajstić information content (AvgIpc) is 2.24. The summed E-state index contributed by atoms with van der Waals surface area (Å²) >= 11 is 5.90. The average molecular weight is 244 g/mol. The number of nitrogens with one attached hydrogen (secondary N) is 1. The van der Waals surface area contributed by atoms with Gasteiger partial charge in [0.05, 0.1) is 5.02 Å². The fourth-order valence-corrected chi connectivity index (χ4v) is 2.08. The lowest BCUT2D eigenvalue weighted by Gasteiger charge is -2.20. The lowest BCUT2D eigenvalue weighted by molar-refractivity contribution is 0.402. The largest absolute Gasteiger partial charge is 0.317 e. The second-order valence-electron chi connectivity index (χ2n) is 4.39. The molecule has 1 aromatic rings. The van der Waals surface area contributed by atoms with Crippen LogP contribution < -0.4 is 5.32 Å². The van der Waals surface area contributed by atoms with Crippen molar-refractivity contribution in [3.63, 3.8) is 0 Å². The number of hydrogen-bond acceptors (Lipinski definition) is 1. The van der Waals surface area contributed by atoms with Crippen LogP contribution in [0.2, 0.25) is 5.02 Å². The van der Waals surface area contributed by atoms with Crippen LogP contribution in [0, 0.1) is 11.7 Å². The van der Waals surface area contributed by atoms with E-state index in [0.717, 1.165) is 18.4 Å². The SMILES string of the molecule is CNC(CCc1cccc(F)c1Cl)C(C)C. The number of benzene rings is 1. The third kappa shape index (κ3) is 3.46. The number of halogens is 2. The number of rotatable bonds is 5. The van der Waals surface area contributed by atoms with Gasteiger partial charge in [-0.1, -0.05) is 37.6 Å². The van der Waals surface area contributed by atoms with Crippen molar-refractivity contribution in [2.75, 3.05) is 7.05 Å². The molecule has 0 radical (unpaired) electrons. The molecule has 0 aliphatic carbocycles. The predicted molar refractivity (Wildman–Crippen MR) is 67.4 cm³/mol. The van der Waals surface area contributed by atoms with Gasteiger partial charge in [0.1, 0.15) is 5.82 Å². The minimum atomic E-state index is -0.329. The summed E-state index contributed by atoms with van der Waals surface area (Å²) in [5, 5.41) is 3.53. The normalized spacial score (nSPS) is 13.1. The first-order chi connectivity index (χ1) is 7.56. The van der Waals surface area contributed by atoms with Gasteiger partial charge in [-0.2, -0.15) is 0 Å². The molecule has 0 spiro atoms. The third-order valence-corrected chi connectivity index (χ3v) is 3.36. The van der Waals surface area contributed by atoms with E-state index in [1.807, 2.05) is 13.1 Å². The summed E-state index contributed by atoms with van der Waals surface area (Å²) in [6.45, 7) is 4.35. The lowest BCUT2D eigenvalue weighted by Crippen LogP contribution is -2.31. The highest BCUT2D eigenvalue weighted by Gasteiger charge is 2.12. The topological polar surface area (TPSA) is 12.0 Å². The van der Waals surface area contributed by atoms with Gasteiger partial charge in [-0.05, 0) is 37.4 Å². The molecule has 90 valence electrons. The molecule has 0 saturated heterocycles. The van der Waals surface area contributed by atoms with E-state index < -0.39 is 0 Å². The van der Waals surface area contributed by atoms with Crippen molar-refractivity contribution >= 4 is 11.6 Å². The van der Waals surface area contributed by atoms with Gasteiger partial charge < -0.3 is 5.32 Å². The van der Waals surface area contributed by atoms with Crippen LogP contribution >= 0.6 is 11.6 Å². The minimum Gasteiger partial charge on any atom is -0.317 e. The van der Waals surface area contributed by atoms with Gasteiger partial charge in [0.15, 0.2) is 0 Å². The van der Waals surface area contributed by atoms with E-state index in [9.17, 15) is 4.39 Å². The maximum Gasteiger partial charge on any atom is 0.142 e. The van der Waals surface area contributed by atoms with Gasteiger partial charge in [0.2, 0.25) is 0 Å². The molecule has 1 nitrogen and oxygen atoms in total. The Bertz CT molecular complexity index is 339. The first-order valence-corrected chi connectivity index (χ1v) is 6.04. The van der Waals surface area contributed by atoms with E-state index in [4.69, 9.17) is 11.6 Å². The van der Waals surface area contributed by atoms with Gasteiger partial charge in [-0.15, -0.1) is 0 Å². The monoisotopic (exact) mass is 243 g/mol. The molecule has 1 atom stereocenters. The van der Waals surface area contributed by atoms with Crippen molar-refractivity contribution < 1.29 is 4.39 Å². The van der Waals surface area contributed by atoms with E-state index in [0.29, 0.717) is 12.0 Å². The lowest BCUT2D eigenvalue weighted by atomic mass is 9.97. The quantitative estimate of drug-likeness (QED) is 0.832. The van der Waals surface area contributed by atoms with Crippen molar-refractivity contribution in [3.05, 3.63) is 34.6 Å². The number of aryl methyl sites for hydroxylation is 1. The minimum absolute atomic E-state index is 0.265. The Morgan fingerprint density at radius 2 is 2.06 bits per heavy atom. The highest BCUT2D eigenvalue weighted by atomic mass is 35.5. The molecule has 0 heterocycles. The van der Waals surface area contributed by atoms with Crippen LogP contribution in [0.15, 0.2) is 18.2 Å². The fourth-order valence-electron chi connectivity index (χ4n) is 1.86. The van der Waals surface area contributed by atoms with E-state index in [1.54, 1.807) is 6.07 Å². The summed E-state index contributed by atoms with van der Waals surface area (Å²) < 4.78 is 13.2. The summed E-state index contributed by atoms with van der Waals surface area (Å²) in [4.78, 5) is 0. The van der Waals surface area contributed by atoms with Crippen molar-refractivity contribution in [1.29, 1.82) is 0 Å². The van der Waals surface area contributed by atoms with E-state index in [1.165, 1.54) is 6.07 Å². The molecule has 16 heavy (non-hydrogen) atoms. The van der Waals surface area contributed by atoms with Gasteiger partial charge in [-0.3, -0.25) is 0 Å². The molecule has 0 aliphatic rings. The van der Waals surface area contributed by atoms with Crippen molar-refractivity contribution in [2.24, 2.45) is 5.92 Å².